The number of aliphatic hydroxyl groups excluding tert-OH is 1. The number of rotatable bonds is 6. The number of hydrogen-bond acceptors (Lipinski definition) is 5. The predicted molar refractivity (Wildman–Crippen MR) is 132 cm³/mol. The maximum Gasteiger partial charge on any atom is 0.430 e. The summed E-state index contributed by atoms with van der Waals surface area (Å²) in [6.07, 6.45) is -11.4. The minimum Gasteiger partial charge on any atom is -0.393 e. The molecule has 15 heteroatoms. The van der Waals surface area contributed by atoms with Crippen molar-refractivity contribution in [1.29, 1.82) is 0 Å². The number of amides is 1. The summed E-state index contributed by atoms with van der Waals surface area (Å²) < 4.78 is 123. The Balaban J connectivity index is 1.72. The number of hydrogen-bond donors (Lipinski definition) is 3. The molecule has 2 aromatic rings. The lowest BCUT2D eigenvalue weighted by atomic mass is 9.86. The fraction of sp³-hybridized carbons (Fsp3) is 0.500. The summed E-state index contributed by atoms with van der Waals surface area (Å²) >= 11 is 0. The van der Waals surface area contributed by atoms with Crippen molar-refractivity contribution in [3.05, 3.63) is 59.4 Å². The average Bonchev–Trinajstić information content (AvgIpc) is 2.89. The Morgan fingerprint density at radius 2 is 1.51 bits per heavy atom. The molecule has 41 heavy (non-hydrogen) atoms. The zero-order chi connectivity index (χ0) is 30.4. The molecule has 1 fully saturated rings. The number of carbonyl (C=O) groups excluding carboxylic acids is 1. The normalized spacial score (nSPS) is 22.3. The first kappa shape index (κ1) is 31.0. The molecule has 1 amide bonds. The molecule has 4 rings (SSSR count). The third-order valence-corrected chi connectivity index (χ3v) is 9.46. The highest BCUT2D eigenvalue weighted by Crippen LogP contribution is 2.51. The third-order valence-electron chi connectivity index (χ3n) is 7.58. The standard InChI is InChI=1S/C26H27F7N2O5S/c27-18-5-10-21(11-6-18)41(39,40)35-19(14-34-23(37)15-2-8-20(36)9-3-15)7-1-16-13-17(4-12-22(16)35)24(38,25(28,29)30)26(31,32)33/h4-6,10-13,15,19-20,36,38H,1-3,7-9,14H2,(H,34,37). The van der Waals surface area contributed by atoms with Gasteiger partial charge < -0.3 is 15.5 Å². The van der Waals surface area contributed by atoms with Crippen molar-refractivity contribution in [1.82, 2.24) is 5.32 Å². The number of fused-ring (bicyclic) bond motifs is 1. The first-order chi connectivity index (χ1) is 19.0. The van der Waals surface area contributed by atoms with Gasteiger partial charge >= 0.3 is 12.4 Å². The molecule has 2 aliphatic rings. The van der Waals surface area contributed by atoms with E-state index in [-0.39, 0.29) is 36.5 Å². The van der Waals surface area contributed by atoms with Gasteiger partial charge in [0.1, 0.15) is 5.82 Å². The third kappa shape index (κ3) is 5.89. The number of halogens is 7. The summed E-state index contributed by atoms with van der Waals surface area (Å²) in [5, 5.41) is 22.2. The molecule has 1 saturated carbocycles. The van der Waals surface area contributed by atoms with E-state index in [4.69, 9.17) is 0 Å². The summed E-state index contributed by atoms with van der Waals surface area (Å²) in [6, 6.07) is 4.28. The second-order valence-corrected chi connectivity index (χ2v) is 12.1. The largest absolute Gasteiger partial charge is 0.430 e. The van der Waals surface area contributed by atoms with Gasteiger partial charge in [-0.05, 0) is 74.4 Å². The molecule has 0 saturated heterocycles. The van der Waals surface area contributed by atoms with Crippen molar-refractivity contribution in [3.8, 4) is 0 Å². The van der Waals surface area contributed by atoms with Gasteiger partial charge in [-0.1, -0.05) is 12.1 Å². The van der Waals surface area contributed by atoms with Gasteiger partial charge in [0, 0.05) is 18.0 Å². The van der Waals surface area contributed by atoms with Crippen LogP contribution in [0.1, 0.15) is 43.2 Å². The van der Waals surface area contributed by atoms with E-state index in [1.165, 1.54) is 0 Å². The lowest BCUT2D eigenvalue weighted by molar-refractivity contribution is -0.376. The molecular formula is C26H27F7N2O5S. The minimum atomic E-state index is -6.13. The Labute approximate surface area is 231 Å². The Kier molecular flexibility index (Phi) is 8.37. The molecule has 0 aromatic heterocycles. The number of anilines is 1. The lowest BCUT2D eigenvalue weighted by Crippen LogP contribution is -2.54. The van der Waals surface area contributed by atoms with Crippen LogP contribution in [0.15, 0.2) is 47.4 Å². The Hall–Kier alpha value is -2.91. The monoisotopic (exact) mass is 612 g/mol. The van der Waals surface area contributed by atoms with E-state index in [1.807, 2.05) is 0 Å². The van der Waals surface area contributed by atoms with Gasteiger partial charge in [-0.15, -0.1) is 0 Å². The number of benzene rings is 2. The van der Waals surface area contributed by atoms with E-state index < -0.39 is 62.3 Å². The van der Waals surface area contributed by atoms with Crippen LogP contribution in [0.3, 0.4) is 0 Å². The molecule has 1 aliphatic carbocycles. The van der Waals surface area contributed by atoms with Gasteiger partial charge in [-0.2, -0.15) is 26.3 Å². The highest BCUT2D eigenvalue weighted by atomic mass is 32.2. The van der Waals surface area contributed by atoms with Crippen molar-refractivity contribution in [2.45, 2.75) is 73.5 Å². The van der Waals surface area contributed by atoms with Crippen molar-refractivity contribution < 1.29 is 54.2 Å². The molecule has 3 N–H and O–H groups in total. The van der Waals surface area contributed by atoms with E-state index in [1.54, 1.807) is 0 Å². The summed E-state index contributed by atoms with van der Waals surface area (Å²) in [7, 11) is -4.55. The van der Waals surface area contributed by atoms with Crippen molar-refractivity contribution in [2.75, 3.05) is 10.8 Å². The van der Waals surface area contributed by atoms with Gasteiger partial charge in [0.15, 0.2) is 0 Å². The topological polar surface area (TPSA) is 107 Å². The van der Waals surface area contributed by atoms with Crippen LogP contribution < -0.4 is 9.62 Å². The van der Waals surface area contributed by atoms with Crippen LogP contribution in [0, 0.1) is 11.7 Å². The van der Waals surface area contributed by atoms with Crippen LogP contribution in [0.5, 0.6) is 0 Å². The molecule has 2 aromatic carbocycles. The molecular weight excluding hydrogens is 585 g/mol. The maximum absolute atomic E-state index is 13.7. The van der Waals surface area contributed by atoms with Crippen LogP contribution in [0.2, 0.25) is 0 Å². The van der Waals surface area contributed by atoms with Gasteiger partial charge in [-0.3, -0.25) is 9.10 Å². The number of nitrogens with zero attached hydrogens (tertiary/aromatic N) is 1. The second kappa shape index (κ2) is 11.1. The minimum absolute atomic E-state index is 0.100. The first-order valence-corrected chi connectivity index (χ1v) is 14.2. The fourth-order valence-electron chi connectivity index (χ4n) is 5.28. The second-order valence-electron chi connectivity index (χ2n) is 10.2. The predicted octanol–water partition coefficient (Wildman–Crippen LogP) is 4.32. The van der Waals surface area contributed by atoms with Crippen molar-refractivity contribution >= 4 is 21.6 Å². The number of sulfonamides is 1. The summed E-state index contributed by atoms with van der Waals surface area (Å²) in [5.41, 5.74) is -7.17. The molecule has 0 radical (unpaired) electrons. The molecule has 0 bridgehead atoms. The van der Waals surface area contributed by atoms with Gasteiger partial charge in [-0.25, -0.2) is 12.8 Å². The molecule has 7 nitrogen and oxygen atoms in total. The fourth-order valence-corrected chi connectivity index (χ4v) is 7.00. The van der Waals surface area contributed by atoms with Gasteiger partial charge in [0.25, 0.3) is 15.6 Å². The van der Waals surface area contributed by atoms with E-state index >= 15 is 0 Å². The van der Waals surface area contributed by atoms with Crippen LogP contribution in [0.4, 0.5) is 36.4 Å². The lowest BCUT2D eigenvalue weighted by Gasteiger charge is -2.39. The van der Waals surface area contributed by atoms with Crippen LogP contribution in [-0.4, -0.2) is 55.6 Å². The Morgan fingerprint density at radius 3 is 2.07 bits per heavy atom. The summed E-state index contributed by atoms with van der Waals surface area (Å²) in [6.45, 7) is -0.228. The number of aryl methyl sites for hydroxylation is 1. The first-order valence-electron chi connectivity index (χ1n) is 12.7. The summed E-state index contributed by atoms with van der Waals surface area (Å²) in [4.78, 5) is 12.4. The summed E-state index contributed by atoms with van der Waals surface area (Å²) in [5.74, 6) is -1.54. The van der Waals surface area contributed by atoms with E-state index in [9.17, 15) is 54.2 Å². The van der Waals surface area contributed by atoms with Crippen LogP contribution in [0.25, 0.3) is 0 Å². The van der Waals surface area contributed by atoms with Crippen LogP contribution >= 0.6 is 0 Å². The van der Waals surface area contributed by atoms with Crippen molar-refractivity contribution in [2.24, 2.45) is 5.92 Å². The molecule has 1 unspecified atom stereocenters. The maximum atomic E-state index is 13.7. The van der Waals surface area contributed by atoms with Crippen molar-refractivity contribution in [3.63, 3.8) is 0 Å². The highest BCUT2D eigenvalue weighted by Gasteiger charge is 2.71. The number of nitrogens with one attached hydrogen (secondary N) is 1. The number of aliphatic hydroxyl groups is 2. The average molecular weight is 613 g/mol. The quantitative estimate of drug-likeness (QED) is 0.422. The zero-order valence-corrected chi connectivity index (χ0v) is 22.2. The number of alkyl halides is 6. The molecule has 1 heterocycles. The van der Waals surface area contributed by atoms with Gasteiger partial charge in [0.05, 0.1) is 22.7 Å². The molecule has 1 atom stereocenters. The molecule has 226 valence electrons. The Bertz CT molecular complexity index is 1360. The van der Waals surface area contributed by atoms with E-state index in [2.05, 4.69) is 5.32 Å². The zero-order valence-electron chi connectivity index (χ0n) is 21.3. The Morgan fingerprint density at radius 1 is 0.927 bits per heavy atom. The van der Waals surface area contributed by atoms with E-state index in [0.29, 0.717) is 37.8 Å². The van der Waals surface area contributed by atoms with E-state index in [0.717, 1.165) is 34.6 Å². The SMILES string of the molecule is O=C(NCC1CCc2cc(C(O)(C(F)(F)F)C(F)(F)F)ccc2N1S(=O)(=O)c1ccc(F)cc1)C1CCC(O)CC1. The van der Waals surface area contributed by atoms with Gasteiger partial charge in [0.2, 0.25) is 5.91 Å². The molecule has 0 spiro atoms. The van der Waals surface area contributed by atoms with Crippen LogP contribution in [-0.2, 0) is 26.8 Å². The smallest absolute Gasteiger partial charge is 0.393 e. The number of carbonyl (C=O) groups is 1. The highest BCUT2D eigenvalue weighted by molar-refractivity contribution is 7.92. The molecule has 1 aliphatic heterocycles.